The Morgan fingerprint density at radius 2 is 2.21 bits per heavy atom. The molecule has 0 aliphatic carbocycles. The fourth-order valence-electron chi connectivity index (χ4n) is 2.41. The van der Waals surface area contributed by atoms with E-state index in [0.29, 0.717) is 35.5 Å². The third-order valence-corrected chi connectivity index (χ3v) is 4.07. The second kappa shape index (κ2) is 9.59. The summed E-state index contributed by atoms with van der Waals surface area (Å²) in [4.78, 5) is 12.4. The Bertz CT molecular complexity index is 557. The maximum atomic E-state index is 12.4. The van der Waals surface area contributed by atoms with Gasteiger partial charge in [-0.2, -0.15) is 0 Å². The molecule has 5 nitrogen and oxygen atoms in total. The molecule has 2 rings (SSSR count). The van der Waals surface area contributed by atoms with Crippen LogP contribution in [0.25, 0.3) is 0 Å². The van der Waals surface area contributed by atoms with E-state index >= 15 is 0 Å². The van der Waals surface area contributed by atoms with Crippen LogP contribution in [0.15, 0.2) is 24.3 Å². The second-order valence-corrected chi connectivity index (χ2v) is 6.73. The van der Waals surface area contributed by atoms with Gasteiger partial charge in [-0.3, -0.25) is 10.1 Å². The van der Waals surface area contributed by atoms with Crippen molar-refractivity contribution in [2.45, 2.75) is 39.2 Å². The Balaban J connectivity index is 1.85. The van der Waals surface area contributed by atoms with Crippen molar-refractivity contribution >= 4 is 23.2 Å². The predicted octanol–water partition coefficient (Wildman–Crippen LogP) is 2.89. The van der Waals surface area contributed by atoms with Crippen LogP contribution in [0.2, 0.25) is 0 Å². The summed E-state index contributed by atoms with van der Waals surface area (Å²) in [6.07, 6.45) is 3.21. The van der Waals surface area contributed by atoms with Gasteiger partial charge in [-0.1, -0.05) is 26.0 Å². The molecule has 0 saturated carbocycles. The minimum atomic E-state index is -0.264. The summed E-state index contributed by atoms with van der Waals surface area (Å²) in [6, 6.07) is 7.21. The lowest BCUT2D eigenvalue weighted by atomic mass is 10.1. The molecule has 1 aliphatic heterocycles. The largest absolute Gasteiger partial charge is 0.493 e. The molecule has 2 N–H and O–H groups in total. The molecule has 132 valence electrons. The van der Waals surface area contributed by atoms with Gasteiger partial charge in [0.25, 0.3) is 5.91 Å². The number of rotatable bonds is 7. The van der Waals surface area contributed by atoms with Gasteiger partial charge in [-0.15, -0.1) is 0 Å². The van der Waals surface area contributed by atoms with Crippen molar-refractivity contribution in [1.82, 2.24) is 10.6 Å². The van der Waals surface area contributed by atoms with Crippen molar-refractivity contribution < 1.29 is 14.3 Å². The minimum Gasteiger partial charge on any atom is -0.493 e. The van der Waals surface area contributed by atoms with Crippen LogP contribution in [0.3, 0.4) is 0 Å². The average molecular weight is 350 g/mol. The number of hydrogen-bond donors (Lipinski definition) is 2. The van der Waals surface area contributed by atoms with E-state index in [1.807, 2.05) is 12.1 Å². The first-order valence-corrected chi connectivity index (χ1v) is 8.89. The molecule has 0 radical (unpaired) electrons. The highest BCUT2D eigenvalue weighted by molar-refractivity contribution is 7.80. The zero-order chi connectivity index (χ0) is 17.4. The zero-order valence-corrected chi connectivity index (χ0v) is 15.2. The molecule has 0 aromatic heterocycles. The molecular weight excluding hydrogens is 324 g/mol. The SMILES string of the molecule is CC(C)CCOc1ccccc1C(=O)NC(=S)NC[C@@H]1CCCO1. The molecule has 1 aliphatic rings. The molecule has 1 aromatic rings. The minimum absolute atomic E-state index is 0.173. The number of hydrogen-bond acceptors (Lipinski definition) is 4. The Labute approximate surface area is 149 Å². The fraction of sp³-hybridized carbons (Fsp3) is 0.556. The van der Waals surface area contributed by atoms with Gasteiger partial charge in [0.1, 0.15) is 5.75 Å². The quantitative estimate of drug-likeness (QED) is 0.741. The first-order chi connectivity index (χ1) is 11.6. The summed E-state index contributed by atoms with van der Waals surface area (Å²) >= 11 is 5.19. The first kappa shape index (κ1) is 18.7. The van der Waals surface area contributed by atoms with Gasteiger partial charge in [-0.25, -0.2) is 0 Å². The highest BCUT2D eigenvalue weighted by Crippen LogP contribution is 2.18. The van der Waals surface area contributed by atoms with E-state index in [4.69, 9.17) is 21.7 Å². The summed E-state index contributed by atoms with van der Waals surface area (Å²) in [5, 5.41) is 6.05. The number of para-hydroxylation sites is 1. The molecule has 6 heteroatoms. The van der Waals surface area contributed by atoms with Gasteiger partial charge in [0.05, 0.1) is 18.3 Å². The van der Waals surface area contributed by atoms with Crippen LogP contribution in [0.1, 0.15) is 43.5 Å². The maximum Gasteiger partial charge on any atom is 0.261 e. The predicted molar refractivity (Wildman–Crippen MR) is 98.4 cm³/mol. The number of carbonyl (C=O) groups excluding carboxylic acids is 1. The number of nitrogens with one attached hydrogen (secondary N) is 2. The Morgan fingerprint density at radius 3 is 2.92 bits per heavy atom. The smallest absolute Gasteiger partial charge is 0.261 e. The summed E-state index contributed by atoms with van der Waals surface area (Å²) in [7, 11) is 0. The summed E-state index contributed by atoms with van der Waals surface area (Å²) in [6.45, 7) is 6.28. The third-order valence-electron chi connectivity index (χ3n) is 3.83. The molecule has 1 saturated heterocycles. The number of amides is 1. The Kier molecular flexibility index (Phi) is 7.46. The molecule has 24 heavy (non-hydrogen) atoms. The monoisotopic (exact) mass is 350 g/mol. The molecule has 1 atom stereocenters. The zero-order valence-electron chi connectivity index (χ0n) is 14.3. The highest BCUT2D eigenvalue weighted by atomic mass is 32.1. The number of ether oxygens (including phenoxy) is 2. The molecule has 1 amide bonds. The number of carbonyl (C=O) groups is 1. The number of thiocarbonyl (C=S) groups is 1. The van der Waals surface area contributed by atoms with Crippen LogP contribution in [0, 0.1) is 5.92 Å². The van der Waals surface area contributed by atoms with E-state index in [-0.39, 0.29) is 12.0 Å². The van der Waals surface area contributed by atoms with Gasteiger partial charge in [0, 0.05) is 13.2 Å². The topological polar surface area (TPSA) is 59.6 Å². The first-order valence-electron chi connectivity index (χ1n) is 8.49. The van der Waals surface area contributed by atoms with E-state index in [1.54, 1.807) is 12.1 Å². The van der Waals surface area contributed by atoms with Crippen LogP contribution in [-0.2, 0) is 4.74 Å². The molecule has 0 bridgehead atoms. The molecule has 1 fully saturated rings. The van der Waals surface area contributed by atoms with Crippen LogP contribution in [0.5, 0.6) is 5.75 Å². The van der Waals surface area contributed by atoms with Crippen molar-refractivity contribution in [2.75, 3.05) is 19.8 Å². The van der Waals surface area contributed by atoms with Crippen LogP contribution < -0.4 is 15.4 Å². The van der Waals surface area contributed by atoms with E-state index < -0.39 is 0 Å². The van der Waals surface area contributed by atoms with Crippen molar-refractivity contribution in [3.8, 4) is 5.75 Å². The molecule has 1 heterocycles. The van der Waals surface area contributed by atoms with E-state index in [1.165, 1.54) is 0 Å². The third kappa shape index (κ3) is 6.09. The molecule has 0 unspecified atom stereocenters. The van der Waals surface area contributed by atoms with Crippen molar-refractivity contribution in [1.29, 1.82) is 0 Å². The van der Waals surface area contributed by atoms with Crippen LogP contribution >= 0.6 is 12.2 Å². The van der Waals surface area contributed by atoms with E-state index in [0.717, 1.165) is 25.9 Å². The van der Waals surface area contributed by atoms with Gasteiger partial charge in [0.2, 0.25) is 0 Å². The normalized spacial score (nSPS) is 16.9. The van der Waals surface area contributed by atoms with Crippen LogP contribution in [-0.4, -0.2) is 36.9 Å². The average Bonchev–Trinajstić information content (AvgIpc) is 3.06. The molecule has 0 spiro atoms. The van der Waals surface area contributed by atoms with Gasteiger partial charge in [0.15, 0.2) is 5.11 Å². The van der Waals surface area contributed by atoms with E-state index in [2.05, 4.69) is 24.5 Å². The van der Waals surface area contributed by atoms with Crippen molar-refractivity contribution in [3.05, 3.63) is 29.8 Å². The van der Waals surface area contributed by atoms with Crippen molar-refractivity contribution in [3.63, 3.8) is 0 Å². The fourth-order valence-corrected chi connectivity index (χ4v) is 2.59. The van der Waals surface area contributed by atoms with Gasteiger partial charge >= 0.3 is 0 Å². The van der Waals surface area contributed by atoms with Crippen molar-refractivity contribution in [2.24, 2.45) is 5.92 Å². The van der Waals surface area contributed by atoms with Gasteiger partial charge < -0.3 is 14.8 Å². The standard InChI is InChI=1S/C18H26N2O3S/c1-13(2)9-11-23-16-8-4-3-7-15(16)17(21)20-18(24)19-12-14-6-5-10-22-14/h3-4,7-8,13-14H,5-6,9-12H2,1-2H3,(H2,19,20,21,24)/t14-/m0/s1. The van der Waals surface area contributed by atoms with Crippen LogP contribution in [0.4, 0.5) is 0 Å². The lowest BCUT2D eigenvalue weighted by molar-refractivity contribution is 0.0969. The summed E-state index contributed by atoms with van der Waals surface area (Å²) in [5.41, 5.74) is 0.488. The van der Waals surface area contributed by atoms with E-state index in [9.17, 15) is 4.79 Å². The maximum absolute atomic E-state index is 12.4. The summed E-state index contributed by atoms with van der Waals surface area (Å²) < 4.78 is 11.3. The van der Waals surface area contributed by atoms with Gasteiger partial charge in [-0.05, 0) is 49.5 Å². The molecule has 1 aromatic carbocycles. The lowest BCUT2D eigenvalue weighted by Crippen LogP contribution is -2.42. The lowest BCUT2D eigenvalue weighted by Gasteiger charge is -2.15. The molecular formula is C18H26N2O3S. The number of benzene rings is 1. The highest BCUT2D eigenvalue weighted by Gasteiger charge is 2.17. The second-order valence-electron chi connectivity index (χ2n) is 6.33. The Morgan fingerprint density at radius 1 is 1.42 bits per heavy atom. The summed E-state index contributed by atoms with van der Waals surface area (Å²) in [5.74, 6) is 0.873. The Hall–Kier alpha value is -1.66.